The molecule has 0 aromatic carbocycles. The number of nitrogens with one attached hydrogen (secondary N) is 1. The van der Waals surface area contributed by atoms with Crippen molar-refractivity contribution in [3.8, 4) is 0 Å². The highest BCUT2D eigenvalue weighted by Crippen LogP contribution is 2.31. The zero-order valence-electron chi connectivity index (χ0n) is 12.1. The van der Waals surface area contributed by atoms with E-state index in [1.54, 1.807) is 18.6 Å². The maximum absolute atomic E-state index is 11.4. The number of fused-ring (bicyclic) bond motifs is 1. The van der Waals surface area contributed by atoms with Crippen LogP contribution in [0, 0.1) is 10.1 Å². The zero-order chi connectivity index (χ0) is 15.7. The van der Waals surface area contributed by atoms with Gasteiger partial charge >= 0.3 is 5.82 Å². The summed E-state index contributed by atoms with van der Waals surface area (Å²) in [5.41, 5.74) is 0. The standard InChI is InChI=1S/C12H16N6O3S/c1-13-9(19)8-15-2-4-16(5-3-15)10-11(18(20)21)17-6-7-22-12(17)14-10/h6-7H,2-5,8H2,1H3,(H,13,19). The molecule has 0 unspecified atom stereocenters. The van der Waals surface area contributed by atoms with Crippen LogP contribution in [-0.4, -0.2) is 64.9 Å². The van der Waals surface area contributed by atoms with Gasteiger partial charge in [-0.25, -0.2) is 0 Å². The predicted molar refractivity (Wildman–Crippen MR) is 82.4 cm³/mol. The third-order valence-corrected chi connectivity index (χ3v) is 4.47. The van der Waals surface area contributed by atoms with E-state index in [1.807, 2.05) is 9.80 Å². The average molecular weight is 324 g/mol. The molecule has 3 heterocycles. The molecule has 0 bridgehead atoms. The van der Waals surface area contributed by atoms with Crippen molar-refractivity contribution in [2.75, 3.05) is 44.7 Å². The maximum atomic E-state index is 11.4. The number of piperazine rings is 1. The van der Waals surface area contributed by atoms with Crippen molar-refractivity contribution in [2.24, 2.45) is 0 Å². The molecule has 1 N–H and O–H groups in total. The summed E-state index contributed by atoms with van der Waals surface area (Å²) >= 11 is 1.37. The lowest BCUT2D eigenvalue weighted by atomic mass is 10.3. The Hall–Kier alpha value is -2.20. The number of carbonyl (C=O) groups excluding carboxylic acids is 1. The molecular formula is C12H16N6O3S. The van der Waals surface area contributed by atoms with Gasteiger partial charge in [0.15, 0.2) is 0 Å². The maximum Gasteiger partial charge on any atom is 0.373 e. The number of hydrogen-bond acceptors (Lipinski definition) is 7. The Labute approximate surface area is 130 Å². The van der Waals surface area contributed by atoms with Gasteiger partial charge in [-0.3, -0.25) is 9.69 Å². The highest BCUT2D eigenvalue weighted by molar-refractivity contribution is 7.15. The highest BCUT2D eigenvalue weighted by atomic mass is 32.1. The molecule has 22 heavy (non-hydrogen) atoms. The first kappa shape index (κ1) is 14.7. The number of thiazole rings is 1. The molecule has 0 radical (unpaired) electrons. The van der Waals surface area contributed by atoms with Crippen molar-refractivity contribution in [1.29, 1.82) is 0 Å². The molecule has 3 rings (SSSR count). The molecule has 2 aromatic rings. The first-order valence-corrected chi connectivity index (χ1v) is 7.76. The molecule has 10 heteroatoms. The van der Waals surface area contributed by atoms with Crippen LogP contribution in [0.15, 0.2) is 11.6 Å². The van der Waals surface area contributed by atoms with Crippen LogP contribution in [-0.2, 0) is 4.79 Å². The summed E-state index contributed by atoms with van der Waals surface area (Å²) in [7, 11) is 1.61. The quantitative estimate of drug-likeness (QED) is 0.636. The van der Waals surface area contributed by atoms with Crippen LogP contribution >= 0.6 is 11.3 Å². The fourth-order valence-corrected chi connectivity index (χ4v) is 3.25. The van der Waals surface area contributed by atoms with E-state index < -0.39 is 0 Å². The number of nitrogens with zero attached hydrogens (tertiary/aromatic N) is 5. The average Bonchev–Trinajstić information content (AvgIpc) is 3.07. The van der Waals surface area contributed by atoms with E-state index in [1.165, 1.54) is 15.7 Å². The fraction of sp³-hybridized carbons (Fsp3) is 0.500. The Balaban J connectivity index is 1.76. The van der Waals surface area contributed by atoms with Gasteiger partial charge in [0.05, 0.1) is 6.54 Å². The molecule has 0 spiro atoms. The summed E-state index contributed by atoms with van der Waals surface area (Å²) in [5, 5.41) is 15.7. The SMILES string of the molecule is CNC(=O)CN1CCN(c2nc3sccn3c2[N+](=O)[O-])CC1. The highest BCUT2D eigenvalue weighted by Gasteiger charge is 2.30. The third-order valence-electron chi connectivity index (χ3n) is 3.71. The summed E-state index contributed by atoms with van der Waals surface area (Å²) < 4.78 is 1.51. The van der Waals surface area contributed by atoms with E-state index >= 15 is 0 Å². The second kappa shape index (κ2) is 5.89. The van der Waals surface area contributed by atoms with Crippen molar-refractivity contribution >= 4 is 33.8 Å². The third kappa shape index (κ3) is 2.62. The van der Waals surface area contributed by atoms with Gasteiger partial charge in [-0.15, -0.1) is 0 Å². The van der Waals surface area contributed by atoms with E-state index in [-0.39, 0.29) is 16.6 Å². The van der Waals surface area contributed by atoms with Gasteiger partial charge in [-0.2, -0.15) is 9.38 Å². The van der Waals surface area contributed by atoms with Crippen LogP contribution in [0.2, 0.25) is 0 Å². The smallest absolute Gasteiger partial charge is 0.358 e. The van der Waals surface area contributed by atoms with Crippen LogP contribution in [0.5, 0.6) is 0 Å². The molecular weight excluding hydrogens is 308 g/mol. The van der Waals surface area contributed by atoms with Gasteiger partial charge < -0.3 is 20.3 Å². The zero-order valence-corrected chi connectivity index (χ0v) is 12.9. The fourth-order valence-electron chi connectivity index (χ4n) is 2.54. The molecule has 1 aliphatic rings. The van der Waals surface area contributed by atoms with Crippen molar-refractivity contribution in [2.45, 2.75) is 0 Å². The number of carbonyl (C=O) groups is 1. The van der Waals surface area contributed by atoms with Gasteiger partial charge in [-0.1, -0.05) is 11.3 Å². The summed E-state index contributed by atoms with van der Waals surface area (Å²) in [4.78, 5) is 31.3. The number of amides is 1. The topological polar surface area (TPSA) is 96.0 Å². The van der Waals surface area contributed by atoms with Gasteiger partial charge in [0.2, 0.25) is 11.7 Å². The van der Waals surface area contributed by atoms with E-state index in [0.29, 0.717) is 43.5 Å². The number of hydrogen-bond donors (Lipinski definition) is 1. The van der Waals surface area contributed by atoms with Crippen LogP contribution in [0.4, 0.5) is 11.6 Å². The van der Waals surface area contributed by atoms with Crippen LogP contribution in [0.3, 0.4) is 0 Å². The first-order chi connectivity index (χ1) is 10.6. The van der Waals surface area contributed by atoms with Gasteiger partial charge in [0.25, 0.3) is 4.96 Å². The van der Waals surface area contributed by atoms with E-state index in [4.69, 9.17) is 0 Å². The predicted octanol–water partition coefficient (Wildman–Crippen LogP) is 0.172. The normalized spacial score (nSPS) is 16.1. The monoisotopic (exact) mass is 324 g/mol. The van der Waals surface area contributed by atoms with Crippen molar-refractivity contribution < 1.29 is 9.72 Å². The minimum absolute atomic E-state index is 0.0102. The largest absolute Gasteiger partial charge is 0.373 e. The van der Waals surface area contributed by atoms with E-state index in [0.717, 1.165) is 0 Å². The van der Waals surface area contributed by atoms with Crippen molar-refractivity contribution in [1.82, 2.24) is 19.6 Å². The molecule has 1 saturated heterocycles. The van der Waals surface area contributed by atoms with Crippen molar-refractivity contribution in [3.05, 3.63) is 21.7 Å². The second-order valence-corrected chi connectivity index (χ2v) is 5.88. The number of nitro groups is 1. The Morgan fingerprint density at radius 3 is 2.82 bits per heavy atom. The van der Waals surface area contributed by atoms with Crippen LogP contribution in [0.1, 0.15) is 0 Å². The molecule has 0 aliphatic carbocycles. The first-order valence-electron chi connectivity index (χ1n) is 6.88. The molecule has 1 amide bonds. The minimum Gasteiger partial charge on any atom is -0.358 e. The Kier molecular flexibility index (Phi) is 3.94. The van der Waals surface area contributed by atoms with Crippen LogP contribution in [0.25, 0.3) is 4.96 Å². The molecule has 118 valence electrons. The Bertz CT molecular complexity index is 703. The summed E-state index contributed by atoms with van der Waals surface area (Å²) in [6.45, 7) is 2.93. The van der Waals surface area contributed by atoms with Gasteiger partial charge in [0.1, 0.15) is 6.20 Å². The van der Waals surface area contributed by atoms with E-state index in [2.05, 4.69) is 10.3 Å². The van der Waals surface area contributed by atoms with Gasteiger partial charge in [0, 0.05) is 38.6 Å². The van der Waals surface area contributed by atoms with Crippen LogP contribution < -0.4 is 10.2 Å². The number of imidazole rings is 1. The summed E-state index contributed by atoms with van der Waals surface area (Å²) in [6.07, 6.45) is 1.66. The second-order valence-electron chi connectivity index (χ2n) is 5.01. The molecule has 0 atom stereocenters. The minimum atomic E-state index is -0.390. The van der Waals surface area contributed by atoms with E-state index in [9.17, 15) is 14.9 Å². The lowest BCUT2D eigenvalue weighted by Crippen LogP contribution is -2.49. The number of aromatic nitrogens is 2. The number of likely N-dealkylation sites (N-methyl/N-ethyl adjacent to an activating group) is 1. The van der Waals surface area contributed by atoms with Gasteiger partial charge in [-0.05, 0) is 4.92 Å². The molecule has 1 fully saturated rings. The number of anilines is 1. The molecule has 9 nitrogen and oxygen atoms in total. The lowest BCUT2D eigenvalue weighted by molar-refractivity contribution is -0.389. The lowest BCUT2D eigenvalue weighted by Gasteiger charge is -2.33. The summed E-state index contributed by atoms with van der Waals surface area (Å²) in [5.74, 6) is 0.398. The summed E-state index contributed by atoms with van der Waals surface area (Å²) in [6, 6.07) is 0. The molecule has 1 aliphatic heterocycles. The van der Waals surface area contributed by atoms with Crippen molar-refractivity contribution in [3.63, 3.8) is 0 Å². The molecule has 2 aromatic heterocycles. The molecule has 0 saturated carbocycles. The number of rotatable bonds is 4. The Morgan fingerprint density at radius 2 is 2.18 bits per heavy atom. The Morgan fingerprint density at radius 1 is 1.45 bits per heavy atom.